The summed E-state index contributed by atoms with van der Waals surface area (Å²) in [4.78, 5) is 0. The number of nitrogens with two attached hydrogens (primary N) is 1. The highest BCUT2D eigenvalue weighted by Gasteiger charge is 2.00. The van der Waals surface area contributed by atoms with Crippen LogP contribution in [0.25, 0.3) is 0 Å². The second-order valence-corrected chi connectivity index (χ2v) is 3.03. The first-order valence-corrected chi connectivity index (χ1v) is 4.99. The number of ether oxygens (including phenoxy) is 2. The van der Waals surface area contributed by atoms with Gasteiger partial charge in [-0.15, -0.1) is 0 Å². The minimum absolute atomic E-state index is 0.288. The maximum absolute atomic E-state index is 13.0. The lowest BCUT2D eigenvalue weighted by Crippen LogP contribution is -2.10. The van der Waals surface area contributed by atoms with Crippen LogP contribution in [-0.2, 0) is 4.74 Å². The molecule has 0 aliphatic heterocycles. The van der Waals surface area contributed by atoms with Crippen LogP contribution in [0.2, 0.25) is 0 Å². The van der Waals surface area contributed by atoms with Gasteiger partial charge in [-0.1, -0.05) is 12.1 Å². The summed E-state index contributed by atoms with van der Waals surface area (Å²) in [5, 5.41) is 0. The highest BCUT2D eigenvalue weighted by Crippen LogP contribution is 2.15. The van der Waals surface area contributed by atoms with Crippen LogP contribution in [0.15, 0.2) is 24.3 Å². The third-order valence-electron chi connectivity index (χ3n) is 1.79. The Morgan fingerprint density at radius 1 is 1.13 bits per heavy atom. The first-order valence-electron chi connectivity index (χ1n) is 4.99. The van der Waals surface area contributed by atoms with Crippen LogP contribution in [0, 0.1) is 5.82 Å². The lowest BCUT2D eigenvalue weighted by atomic mass is 10.3. The van der Waals surface area contributed by atoms with E-state index in [1.165, 1.54) is 6.07 Å². The van der Waals surface area contributed by atoms with Crippen molar-refractivity contribution in [3.63, 3.8) is 0 Å². The summed E-state index contributed by atoms with van der Waals surface area (Å²) in [6.45, 7) is 2.12. The summed E-state index contributed by atoms with van der Waals surface area (Å²) in [5.41, 5.74) is 5.25. The fourth-order valence-corrected chi connectivity index (χ4v) is 1.09. The second-order valence-electron chi connectivity index (χ2n) is 3.03. The number of para-hydroxylation sites is 1. The molecule has 4 heteroatoms. The molecule has 0 saturated carbocycles. The average molecular weight is 213 g/mol. The number of hydrogen-bond donors (Lipinski definition) is 1. The summed E-state index contributed by atoms with van der Waals surface area (Å²) < 4.78 is 23.4. The molecule has 84 valence electrons. The highest BCUT2D eigenvalue weighted by atomic mass is 19.1. The number of benzene rings is 1. The summed E-state index contributed by atoms with van der Waals surface area (Å²) in [7, 11) is 0. The third kappa shape index (κ3) is 4.76. The van der Waals surface area contributed by atoms with E-state index >= 15 is 0 Å². The van der Waals surface area contributed by atoms with Crippen molar-refractivity contribution < 1.29 is 13.9 Å². The molecule has 0 bridgehead atoms. The van der Waals surface area contributed by atoms with Gasteiger partial charge in [0.1, 0.15) is 0 Å². The van der Waals surface area contributed by atoms with Gasteiger partial charge in [-0.05, 0) is 12.1 Å². The minimum atomic E-state index is -0.333. The molecule has 0 heterocycles. The molecule has 0 saturated heterocycles. The van der Waals surface area contributed by atoms with Crippen molar-refractivity contribution in [1.82, 2.24) is 0 Å². The predicted molar refractivity (Wildman–Crippen MR) is 56.4 cm³/mol. The molecule has 0 atom stereocenters. The summed E-state index contributed by atoms with van der Waals surface area (Å²) >= 11 is 0. The van der Waals surface area contributed by atoms with Gasteiger partial charge in [0, 0.05) is 19.6 Å². The largest absolute Gasteiger partial charge is 0.490 e. The normalized spacial score (nSPS) is 10.3. The van der Waals surface area contributed by atoms with Crippen LogP contribution in [0.3, 0.4) is 0 Å². The zero-order valence-corrected chi connectivity index (χ0v) is 8.62. The summed E-state index contributed by atoms with van der Waals surface area (Å²) in [6.07, 6.45) is 0.730. The van der Waals surface area contributed by atoms with Crippen LogP contribution < -0.4 is 10.5 Å². The lowest BCUT2D eigenvalue weighted by Gasteiger charge is -2.06. The van der Waals surface area contributed by atoms with Crippen LogP contribution in [0.4, 0.5) is 4.39 Å². The molecule has 1 aromatic carbocycles. The monoisotopic (exact) mass is 213 g/mol. The van der Waals surface area contributed by atoms with Gasteiger partial charge in [0.15, 0.2) is 11.6 Å². The Kier molecular flexibility index (Phi) is 5.73. The number of rotatable bonds is 7. The Bertz CT molecular complexity index is 281. The maximum atomic E-state index is 13.0. The van der Waals surface area contributed by atoms with Gasteiger partial charge in [0.05, 0.1) is 13.2 Å². The van der Waals surface area contributed by atoms with E-state index in [9.17, 15) is 4.39 Å². The van der Waals surface area contributed by atoms with E-state index < -0.39 is 0 Å². The van der Waals surface area contributed by atoms with E-state index in [4.69, 9.17) is 15.2 Å². The van der Waals surface area contributed by atoms with Gasteiger partial charge in [-0.25, -0.2) is 4.39 Å². The molecular weight excluding hydrogens is 197 g/mol. The Balaban J connectivity index is 2.12. The van der Waals surface area contributed by atoms with Crippen LogP contribution >= 0.6 is 0 Å². The fraction of sp³-hybridized carbons (Fsp3) is 0.455. The highest BCUT2D eigenvalue weighted by molar-refractivity contribution is 5.23. The Labute approximate surface area is 89.0 Å². The molecule has 0 unspecified atom stereocenters. The molecule has 0 radical (unpaired) electrons. The Hall–Kier alpha value is -1.13. The SMILES string of the molecule is NCCOCCCOc1ccccc1F. The zero-order valence-electron chi connectivity index (χ0n) is 8.62. The van der Waals surface area contributed by atoms with Gasteiger partial charge in [0.2, 0.25) is 0 Å². The average Bonchev–Trinajstić information content (AvgIpc) is 2.25. The Morgan fingerprint density at radius 2 is 1.93 bits per heavy atom. The minimum Gasteiger partial charge on any atom is -0.490 e. The first kappa shape index (κ1) is 11.9. The number of halogens is 1. The number of hydrogen-bond acceptors (Lipinski definition) is 3. The molecule has 0 amide bonds. The van der Waals surface area contributed by atoms with E-state index in [-0.39, 0.29) is 11.6 Å². The van der Waals surface area contributed by atoms with Crippen molar-refractivity contribution >= 4 is 0 Å². The first-order chi connectivity index (χ1) is 7.34. The zero-order chi connectivity index (χ0) is 10.9. The molecule has 0 spiro atoms. The van der Waals surface area contributed by atoms with Crippen molar-refractivity contribution in [3.8, 4) is 5.75 Å². The van der Waals surface area contributed by atoms with Crippen molar-refractivity contribution in [2.75, 3.05) is 26.4 Å². The Morgan fingerprint density at radius 3 is 2.67 bits per heavy atom. The van der Waals surface area contributed by atoms with Crippen LogP contribution in [0.1, 0.15) is 6.42 Å². The van der Waals surface area contributed by atoms with E-state index in [0.29, 0.717) is 26.4 Å². The summed E-state index contributed by atoms with van der Waals surface area (Å²) in [6, 6.07) is 6.35. The molecule has 0 aromatic heterocycles. The van der Waals surface area contributed by atoms with Crippen molar-refractivity contribution in [3.05, 3.63) is 30.1 Å². The fourth-order valence-electron chi connectivity index (χ4n) is 1.09. The van der Waals surface area contributed by atoms with Gasteiger partial charge in [-0.3, -0.25) is 0 Å². The molecule has 15 heavy (non-hydrogen) atoms. The van der Waals surface area contributed by atoms with Gasteiger partial charge < -0.3 is 15.2 Å². The maximum Gasteiger partial charge on any atom is 0.165 e. The van der Waals surface area contributed by atoms with Crippen molar-refractivity contribution in [1.29, 1.82) is 0 Å². The second kappa shape index (κ2) is 7.20. The molecular formula is C11H16FNO2. The summed E-state index contributed by atoms with van der Waals surface area (Å²) in [5.74, 6) is -0.0447. The predicted octanol–water partition coefficient (Wildman–Crippen LogP) is 1.57. The smallest absolute Gasteiger partial charge is 0.165 e. The lowest BCUT2D eigenvalue weighted by molar-refractivity contribution is 0.125. The van der Waals surface area contributed by atoms with Gasteiger partial charge in [0.25, 0.3) is 0 Å². The standard InChI is InChI=1S/C11H16FNO2/c12-10-4-1-2-5-11(10)15-8-3-7-14-9-6-13/h1-2,4-5H,3,6-9,13H2. The van der Waals surface area contributed by atoms with Gasteiger partial charge in [-0.2, -0.15) is 0 Å². The molecule has 1 aromatic rings. The quantitative estimate of drug-likeness (QED) is 0.699. The van der Waals surface area contributed by atoms with E-state index in [1.54, 1.807) is 18.2 Å². The molecule has 0 fully saturated rings. The van der Waals surface area contributed by atoms with Crippen molar-refractivity contribution in [2.45, 2.75) is 6.42 Å². The molecule has 0 aliphatic rings. The molecule has 3 nitrogen and oxygen atoms in total. The van der Waals surface area contributed by atoms with Crippen LogP contribution in [0.5, 0.6) is 5.75 Å². The van der Waals surface area contributed by atoms with E-state index in [2.05, 4.69) is 0 Å². The topological polar surface area (TPSA) is 44.5 Å². The van der Waals surface area contributed by atoms with Gasteiger partial charge >= 0.3 is 0 Å². The molecule has 2 N–H and O–H groups in total. The van der Waals surface area contributed by atoms with Crippen LogP contribution in [-0.4, -0.2) is 26.4 Å². The molecule has 1 rings (SSSR count). The van der Waals surface area contributed by atoms with Crippen molar-refractivity contribution in [2.24, 2.45) is 5.73 Å². The third-order valence-corrected chi connectivity index (χ3v) is 1.79. The van der Waals surface area contributed by atoms with E-state index in [0.717, 1.165) is 6.42 Å². The van der Waals surface area contributed by atoms with E-state index in [1.807, 2.05) is 0 Å². The molecule has 0 aliphatic carbocycles.